The molecule has 0 spiro atoms. The molecular formula is C14H17N5O2. The molecule has 1 aliphatic rings. The molecule has 21 heavy (non-hydrogen) atoms. The second-order valence-corrected chi connectivity index (χ2v) is 5.37. The number of carbonyl (C=O) groups excluding carboxylic acids is 1. The van der Waals surface area contributed by atoms with Crippen LogP contribution in [0.1, 0.15) is 40.8 Å². The minimum Gasteiger partial charge on any atom is -0.439 e. The number of aromatic nitrogens is 4. The summed E-state index contributed by atoms with van der Waals surface area (Å²) in [5.74, 6) is 0. The van der Waals surface area contributed by atoms with Crippen molar-refractivity contribution in [1.82, 2.24) is 20.2 Å². The van der Waals surface area contributed by atoms with Gasteiger partial charge in [-0.05, 0) is 48.6 Å². The van der Waals surface area contributed by atoms with Gasteiger partial charge >= 0.3 is 6.09 Å². The standard InChI is InChI=1S/C14H17N5O2/c1-8-5-9(2)10-3-4-12(19-17-7-16-18-19)13(11(10)6-8)21-14(15)20/h5-7,12-13H,3-4H2,1-2H3,(H2,15,20). The van der Waals surface area contributed by atoms with E-state index in [2.05, 4.69) is 28.4 Å². The molecule has 7 nitrogen and oxygen atoms in total. The van der Waals surface area contributed by atoms with Crippen LogP contribution in [0.5, 0.6) is 0 Å². The van der Waals surface area contributed by atoms with Crippen molar-refractivity contribution in [3.05, 3.63) is 40.7 Å². The van der Waals surface area contributed by atoms with Crippen LogP contribution in [0.3, 0.4) is 0 Å². The van der Waals surface area contributed by atoms with Gasteiger partial charge in [0.15, 0.2) is 12.4 Å². The van der Waals surface area contributed by atoms with Crippen LogP contribution in [0.4, 0.5) is 4.79 Å². The van der Waals surface area contributed by atoms with Gasteiger partial charge in [0.2, 0.25) is 0 Å². The summed E-state index contributed by atoms with van der Waals surface area (Å²) < 4.78 is 5.37. The Bertz CT molecular complexity index is 668. The summed E-state index contributed by atoms with van der Waals surface area (Å²) >= 11 is 0. The number of nitrogens with zero attached hydrogens (tertiary/aromatic N) is 4. The van der Waals surface area contributed by atoms with Crippen LogP contribution >= 0.6 is 0 Å². The van der Waals surface area contributed by atoms with Crippen LogP contribution < -0.4 is 5.73 Å². The van der Waals surface area contributed by atoms with Gasteiger partial charge < -0.3 is 10.5 Å². The highest BCUT2D eigenvalue weighted by molar-refractivity contribution is 5.65. The molecule has 1 heterocycles. The highest BCUT2D eigenvalue weighted by atomic mass is 16.6. The van der Waals surface area contributed by atoms with E-state index in [4.69, 9.17) is 10.5 Å². The maximum atomic E-state index is 11.3. The molecule has 2 aromatic rings. The van der Waals surface area contributed by atoms with Crippen molar-refractivity contribution in [2.45, 2.75) is 38.8 Å². The number of fused-ring (bicyclic) bond motifs is 1. The van der Waals surface area contributed by atoms with Gasteiger partial charge in [0, 0.05) is 0 Å². The third kappa shape index (κ3) is 2.46. The Morgan fingerprint density at radius 1 is 1.43 bits per heavy atom. The molecule has 1 aliphatic carbocycles. The number of primary amides is 1. The number of carbonyl (C=O) groups is 1. The summed E-state index contributed by atoms with van der Waals surface area (Å²) in [5.41, 5.74) is 9.77. The zero-order chi connectivity index (χ0) is 15.0. The molecule has 0 saturated carbocycles. The van der Waals surface area contributed by atoms with E-state index in [1.807, 2.05) is 13.0 Å². The molecule has 2 unspecified atom stereocenters. The molecule has 0 bridgehead atoms. The monoisotopic (exact) mass is 287 g/mol. The van der Waals surface area contributed by atoms with E-state index in [1.54, 1.807) is 0 Å². The number of hydrogen-bond donors (Lipinski definition) is 1. The lowest BCUT2D eigenvalue weighted by Gasteiger charge is -2.32. The van der Waals surface area contributed by atoms with Gasteiger partial charge in [-0.2, -0.15) is 4.80 Å². The van der Waals surface area contributed by atoms with Crippen LogP contribution in [0.2, 0.25) is 0 Å². The maximum Gasteiger partial charge on any atom is 0.405 e. The lowest BCUT2D eigenvalue weighted by Crippen LogP contribution is -2.31. The largest absolute Gasteiger partial charge is 0.439 e. The number of rotatable bonds is 2. The Kier molecular flexibility index (Phi) is 3.32. The van der Waals surface area contributed by atoms with Gasteiger partial charge in [0.25, 0.3) is 0 Å². The first kappa shape index (κ1) is 13.5. The molecule has 1 aromatic carbocycles. The van der Waals surface area contributed by atoms with Crippen molar-refractivity contribution in [1.29, 1.82) is 0 Å². The smallest absolute Gasteiger partial charge is 0.405 e. The topological polar surface area (TPSA) is 95.9 Å². The van der Waals surface area contributed by atoms with Crippen LogP contribution in [0.25, 0.3) is 0 Å². The van der Waals surface area contributed by atoms with E-state index >= 15 is 0 Å². The number of nitrogens with two attached hydrogens (primary N) is 1. The SMILES string of the molecule is Cc1cc(C)c2c(c1)C(OC(N)=O)C(n1ncnn1)CC2. The summed E-state index contributed by atoms with van der Waals surface area (Å²) in [7, 11) is 0. The summed E-state index contributed by atoms with van der Waals surface area (Å²) in [6, 6.07) is 3.99. The summed E-state index contributed by atoms with van der Waals surface area (Å²) in [4.78, 5) is 12.8. The molecule has 2 N–H and O–H groups in total. The molecule has 110 valence electrons. The molecular weight excluding hydrogens is 270 g/mol. The fraction of sp³-hybridized carbons (Fsp3) is 0.429. The Morgan fingerprint density at radius 3 is 2.90 bits per heavy atom. The molecule has 0 radical (unpaired) electrons. The summed E-state index contributed by atoms with van der Waals surface area (Å²) in [5, 5.41) is 11.7. The fourth-order valence-electron chi connectivity index (χ4n) is 3.11. The third-order valence-electron chi connectivity index (χ3n) is 3.90. The van der Waals surface area contributed by atoms with Crippen molar-refractivity contribution >= 4 is 6.09 Å². The zero-order valence-corrected chi connectivity index (χ0v) is 12.0. The highest BCUT2D eigenvalue weighted by Gasteiger charge is 2.35. The molecule has 7 heteroatoms. The van der Waals surface area contributed by atoms with Gasteiger partial charge in [-0.15, -0.1) is 10.2 Å². The Balaban J connectivity index is 2.08. The first-order valence-electron chi connectivity index (χ1n) is 6.85. The maximum absolute atomic E-state index is 11.3. The van der Waals surface area contributed by atoms with Crippen LogP contribution in [0, 0.1) is 13.8 Å². The lowest BCUT2D eigenvalue weighted by molar-refractivity contribution is 0.0524. The van der Waals surface area contributed by atoms with Crippen LogP contribution in [0.15, 0.2) is 18.5 Å². The number of ether oxygens (including phenoxy) is 1. The number of aryl methyl sites for hydroxylation is 2. The Morgan fingerprint density at radius 2 is 2.24 bits per heavy atom. The minimum absolute atomic E-state index is 0.186. The molecule has 3 rings (SSSR count). The minimum atomic E-state index is -0.794. The normalized spacial score (nSPS) is 20.9. The van der Waals surface area contributed by atoms with E-state index in [9.17, 15) is 4.79 Å². The summed E-state index contributed by atoms with van der Waals surface area (Å²) in [6.45, 7) is 4.09. The van der Waals surface area contributed by atoms with Gasteiger partial charge in [0.1, 0.15) is 6.04 Å². The first-order valence-corrected chi connectivity index (χ1v) is 6.85. The van der Waals surface area contributed by atoms with Crippen molar-refractivity contribution in [3.63, 3.8) is 0 Å². The van der Waals surface area contributed by atoms with Crippen LogP contribution in [-0.2, 0) is 11.2 Å². The molecule has 1 amide bonds. The quantitative estimate of drug-likeness (QED) is 0.905. The second kappa shape index (κ2) is 5.16. The third-order valence-corrected chi connectivity index (χ3v) is 3.90. The van der Waals surface area contributed by atoms with Crippen molar-refractivity contribution < 1.29 is 9.53 Å². The molecule has 0 saturated heterocycles. The Labute approximate surface area is 122 Å². The van der Waals surface area contributed by atoms with E-state index in [0.717, 1.165) is 24.0 Å². The number of amides is 1. The average Bonchev–Trinajstić information content (AvgIpc) is 2.92. The summed E-state index contributed by atoms with van der Waals surface area (Å²) in [6.07, 6.45) is 1.74. The van der Waals surface area contributed by atoms with Gasteiger partial charge in [-0.1, -0.05) is 17.7 Å². The Hall–Kier alpha value is -2.44. The number of tetrazole rings is 1. The van der Waals surface area contributed by atoms with E-state index in [1.165, 1.54) is 22.3 Å². The average molecular weight is 287 g/mol. The highest BCUT2D eigenvalue weighted by Crippen LogP contribution is 2.41. The predicted octanol–water partition coefficient (Wildman–Crippen LogP) is 1.61. The van der Waals surface area contributed by atoms with E-state index in [0.29, 0.717) is 0 Å². The fourth-order valence-corrected chi connectivity index (χ4v) is 3.11. The zero-order valence-electron chi connectivity index (χ0n) is 12.0. The van der Waals surface area contributed by atoms with Crippen LogP contribution in [-0.4, -0.2) is 26.3 Å². The predicted molar refractivity (Wildman–Crippen MR) is 74.5 cm³/mol. The first-order chi connectivity index (χ1) is 10.1. The van der Waals surface area contributed by atoms with Crippen molar-refractivity contribution in [2.75, 3.05) is 0 Å². The second-order valence-electron chi connectivity index (χ2n) is 5.37. The molecule has 0 aliphatic heterocycles. The number of benzene rings is 1. The number of hydrogen-bond acceptors (Lipinski definition) is 5. The van der Waals surface area contributed by atoms with Gasteiger partial charge in [-0.3, -0.25) is 0 Å². The lowest BCUT2D eigenvalue weighted by atomic mass is 9.82. The molecule has 0 fully saturated rings. The van der Waals surface area contributed by atoms with E-state index < -0.39 is 12.2 Å². The van der Waals surface area contributed by atoms with Gasteiger partial charge in [-0.25, -0.2) is 4.79 Å². The molecule has 2 atom stereocenters. The molecule has 1 aromatic heterocycles. The van der Waals surface area contributed by atoms with Crippen molar-refractivity contribution in [2.24, 2.45) is 5.73 Å². The van der Waals surface area contributed by atoms with Crippen molar-refractivity contribution in [3.8, 4) is 0 Å². The van der Waals surface area contributed by atoms with E-state index in [-0.39, 0.29) is 6.04 Å². The van der Waals surface area contributed by atoms with Gasteiger partial charge in [0.05, 0.1) is 0 Å².